The number of aromatic nitrogens is 4. The van der Waals surface area contributed by atoms with Gasteiger partial charge >= 0.3 is 0 Å². The molecule has 0 fully saturated rings. The minimum atomic E-state index is -0.662. The molecule has 58 heavy (non-hydrogen) atoms. The molecular formula is C53H34N4O. The molecule has 1 unspecified atom stereocenters. The Kier molecular flexibility index (Phi) is 6.42. The van der Waals surface area contributed by atoms with Crippen LogP contribution in [0.1, 0.15) is 40.8 Å². The van der Waals surface area contributed by atoms with Crippen LogP contribution in [0.2, 0.25) is 0 Å². The third-order valence-electron chi connectivity index (χ3n) is 12.6. The number of allylic oxidation sites excluding steroid dienone is 4. The highest BCUT2D eigenvalue weighted by Gasteiger charge is 2.50. The van der Waals surface area contributed by atoms with Crippen LogP contribution in [-0.2, 0) is 5.41 Å². The molecule has 1 aliphatic carbocycles. The zero-order valence-corrected chi connectivity index (χ0v) is 31.4. The Bertz CT molecular complexity index is 3440. The molecule has 5 nitrogen and oxygen atoms in total. The zero-order valence-electron chi connectivity index (χ0n) is 31.4. The summed E-state index contributed by atoms with van der Waals surface area (Å²) < 4.78 is 11.9. The van der Waals surface area contributed by atoms with Crippen LogP contribution in [-0.4, -0.2) is 19.1 Å². The molecule has 13 rings (SSSR count). The van der Waals surface area contributed by atoms with Gasteiger partial charge in [0.1, 0.15) is 17.3 Å². The summed E-state index contributed by atoms with van der Waals surface area (Å²) in [6.07, 6.45) is 8.75. The van der Waals surface area contributed by atoms with Crippen LogP contribution in [0, 0.1) is 0 Å². The van der Waals surface area contributed by atoms with Crippen LogP contribution in [0.3, 0.4) is 0 Å². The van der Waals surface area contributed by atoms with Crippen molar-refractivity contribution in [3.8, 4) is 34.4 Å². The molecule has 0 saturated carbocycles. The van der Waals surface area contributed by atoms with E-state index in [0.29, 0.717) is 5.82 Å². The van der Waals surface area contributed by atoms with E-state index in [1.54, 1.807) is 0 Å². The fourth-order valence-electron chi connectivity index (χ4n) is 10.2. The van der Waals surface area contributed by atoms with Gasteiger partial charge in [0.25, 0.3) is 0 Å². The summed E-state index contributed by atoms with van der Waals surface area (Å²) in [6.45, 7) is 0. The monoisotopic (exact) mass is 742 g/mol. The summed E-state index contributed by atoms with van der Waals surface area (Å²) in [5.74, 6) is 3.21. The Morgan fingerprint density at radius 3 is 2.05 bits per heavy atom. The number of fused-ring (bicyclic) bond motifs is 14. The number of rotatable bonds is 3. The van der Waals surface area contributed by atoms with Gasteiger partial charge in [0.05, 0.1) is 38.9 Å². The van der Waals surface area contributed by atoms with Gasteiger partial charge in [-0.25, -0.2) is 9.97 Å². The van der Waals surface area contributed by atoms with Crippen LogP contribution in [0.25, 0.3) is 72.1 Å². The first-order valence-corrected chi connectivity index (χ1v) is 20.1. The number of para-hydroxylation sites is 5. The summed E-state index contributed by atoms with van der Waals surface area (Å²) >= 11 is 0. The van der Waals surface area contributed by atoms with Gasteiger partial charge < -0.3 is 9.30 Å². The van der Waals surface area contributed by atoms with E-state index in [9.17, 15) is 0 Å². The Morgan fingerprint density at radius 2 is 1.21 bits per heavy atom. The van der Waals surface area contributed by atoms with Crippen molar-refractivity contribution >= 4 is 49.2 Å². The minimum absolute atomic E-state index is 0.662. The van der Waals surface area contributed by atoms with Crippen molar-refractivity contribution in [2.24, 2.45) is 0 Å². The lowest BCUT2D eigenvalue weighted by Crippen LogP contribution is -2.37. The summed E-state index contributed by atoms with van der Waals surface area (Å²) in [4.78, 5) is 10.5. The summed E-state index contributed by atoms with van der Waals surface area (Å²) in [5, 5.41) is 4.81. The predicted molar refractivity (Wildman–Crippen MR) is 234 cm³/mol. The lowest BCUT2D eigenvalue weighted by molar-refractivity contribution is 0.434. The molecule has 272 valence electrons. The zero-order chi connectivity index (χ0) is 38.0. The SMILES string of the molecule is C1=CC(c2cc(-n3c4ccccc4c4cc5c(cc43)Oc3ccccc3C53c4ccccc4-n4c5ccccc5c5cccc3c54)nc(-c3ccccc3)n2)=CCC1. The van der Waals surface area contributed by atoms with Gasteiger partial charge in [0.2, 0.25) is 0 Å². The number of hydrogen-bond acceptors (Lipinski definition) is 3. The molecular weight excluding hydrogens is 709 g/mol. The van der Waals surface area contributed by atoms with Gasteiger partial charge in [-0.05, 0) is 59.9 Å². The van der Waals surface area contributed by atoms with Crippen LogP contribution in [0.15, 0.2) is 182 Å². The molecule has 0 bridgehead atoms. The maximum absolute atomic E-state index is 7.10. The molecule has 1 spiro atoms. The van der Waals surface area contributed by atoms with Gasteiger partial charge in [-0.1, -0.05) is 140 Å². The quantitative estimate of drug-likeness (QED) is 0.181. The molecule has 7 aromatic carbocycles. The van der Waals surface area contributed by atoms with Crippen LogP contribution in [0.4, 0.5) is 0 Å². The highest BCUT2D eigenvalue weighted by Crippen LogP contribution is 2.61. The summed E-state index contributed by atoms with van der Waals surface area (Å²) in [7, 11) is 0. The van der Waals surface area contributed by atoms with Gasteiger partial charge in [0, 0.05) is 50.4 Å². The molecule has 0 amide bonds. The number of nitrogens with zero attached hydrogens (tertiary/aromatic N) is 4. The van der Waals surface area contributed by atoms with E-state index in [0.717, 1.165) is 79.9 Å². The van der Waals surface area contributed by atoms with Crippen LogP contribution in [0.5, 0.6) is 11.5 Å². The molecule has 0 saturated heterocycles. The van der Waals surface area contributed by atoms with E-state index < -0.39 is 5.41 Å². The second kappa shape index (κ2) is 11.8. The van der Waals surface area contributed by atoms with Gasteiger partial charge in [-0.15, -0.1) is 0 Å². The number of ether oxygens (including phenoxy) is 1. The highest BCUT2D eigenvalue weighted by atomic mass is 16.5. The molecule has 10 aromatic rings. The third-order valence-corrected chi connectivity index (χ3v) is 12.6. The molecule has 2 aliphatic heterocycles. The van der Waals surface area contributed by atoms with E-state index in [1.165, 1.54) is 38.6 Å². The van der Waals surface area contributed by atoms with E-state index in [4.69, 9.17) is 14.7 Å². The molecule has 0 radical (unpaired) electrons. The van der Waals surface area contributed by atoms with Gasteiger partial charge in [-0.3, -0.25) is 4.57 Å². The minimum Gasteiger partial charge on any atom is -0.457 e. The summed E-state index contributed by atoms with van der Waals surface area (Å²) in [5.41, 5.74) is 12.9. The third kappa shape index (κ3) is 4.14. The summed E-state index contributed by atoms with van der Waals surface area (Å²) in [6, 6.07) is 59.1. The van der Waals surface area contributed by atoms with Crippen molar-refractivity contribution in [1.29, 1.82) is 0 Å². The second-order valence-corrected chi connectivity index (χ2v) is 15.6. The normalized spacial score (nSPS) is 16.4. The number of hydrogen-bond donors (Lipinski definition) is 0. The fraction of sp³-hybridized carbons (Fsp3) is 0.0566. The highest BCUT2D eigenvalue weighted by molar-refractivity contribution is 6.13. The van der Waals surface area contributed by atoms with Crippen LogP contribution >= 0.6 is 0 Å². The lowest BCUT2D eigenvalue weighted by atomic mass is 9.61. The Balaban J connectivity index is 1.15. The van der Waals surface area contributed by atoms with Crippen molar-refractivity contribution in [3.05, 3.63) is 210 Å². The fourth-order valence-corrected chi connectivity index (χ4v) is 10.2. The Hall–Kier alpha value is -7.50. The van der Waals surface area contributed by atoms with Gasteiger partial charge in [-0.2, -0.15) is 0 Å². The molecule has 3 aromatic heterocycles. The first-order valence-electron chi connectivity index (χ1n) is 20.1. The topological polar surface area (TPSA) is 44.9 Å². The first kappa shape index (κ1) is 31.7. The average Bonchev–Trinajstić information content (AvgIpc) is 3.81. The average molecular weight is 743 g/mol. The second-order valence-electron chi connectivity index (χ2n) is 15.6. The van der Waals surface area contributed by atoms with Crippen molar-refractivity contribution in [3.63, 3.8) is 0 Å². The standard InChI is InChI=1S/C53H34N4O/c1-3-16-33(17-4-1)43-31-50(55-52(54-43)34-18-5-2-6-19-34)56-44-26-11-8-21-36(44)38-30-42-49(32-47(38)56)58-48-29-14-10-24-40(48)53(42)39-23-9-13-28-46(39)57-45-27-12-7-20-35(45)37-22-15-25-41(53)51(37)57/h2-3,5-32H,1,4H2. The van der Waals surface area contributed by atoms with Gasteiger partial charge in [0.15, 0.2) is 5.82 Å². The van der Waals surface area contributed by atoms with Crippen molar-refractivity contribution in [2.75, 3.05) is 0 Å². The molecule has 5 heterocycles. The largest absolute Gasteiger partial charge is 0.457 e. The lowest BCUT2D eigenvalue weighted by Gasteiger charge is -2.45. The van der Waals surface area contributed by atoms with E-state index in [1.807, 2.05) is 18.2 Å². The maximum atomic E-state index is 7.10. The van der Waals surface area contributed by atoms with E-state index in [-0.39, 0.29) is 0 Å². The van der Waals surface area contributed by atoms with E-state index in [2.05, 4.69) is 173 Å². The Labute approximate surface area is 334 Å². The first-order chi connectivity index (χ1) is 28.8. The molecule has 5 heteroatoms. The van der Waals surface area contributed by atoms with Crippen molar-refractivity contribution in [2.45, 2.75) is 18.3 Å². The molecule has 0 N–H and O–H groups in total. The Morgan fingerprint density at radius 1 is 0.500 bits per heavy atom. The molecule has 3 aliphatic rings. The number of benzene rings is 7. The van der Waals surface area contributed by atoms with Crippen molar-refractivity contribution < 1.29 is 4.74 Å². The van der Waals surface area contributed by atoms with Crippen LogP contribution < -0.4 is 4.74 Å². The molecule has 1 atom stereocenters. The smallest absolute Gasteiger partial charge is 0.162 e. The van der Waals surface area contributed by atoms with Crippen molar-refractivity contribution in [1.82, 2.24) is 19.1 Å². The maximum Gasteiger partial charge on any atom is 0.162 e. The van der Waals surface area contributed by atoms with E-state index >= 15 is 0 Å². The predicted octanol–water partition coefficient (Wildman–Crippen LogP) is 12.9.